The van der Waals surface area contributed by atoms with Crippen molar-refractivity contribution in [3.05, 3.63) is 0 Å². The average Bonchev–Trinajstić information content (AvgIpc) is 3.01. The number of piperidine rings is 1. The van der Waals surface area contributed by atoms with Gasteiger partial charge in [0.05, 0.1) is 5.60 Å². The van der Waals surface area contributed by atoms with Gasteiger partial charge in [-0.15, -0.1) is 0 Å². The maximum Gasteiger partial charge on any atom is 0.223 e. The highest BCUT2D eigenvalue weighted by Crippen LogP contribution is 2.58. The molecule has 2 rings (SSSR count). The van der Waals surface area contributed by atoms with Crippen molar-refractivity contribution >= 4 is 5.91 Å². The van der Waals surface area contributed by atoms with Crippen LogP contribution < -0.4 is 10.6 Å². The van der Waals surface area contributed by atoms with Crippen LogP contribution in [-0.2, 0) is 9.53 Å². The van der Waals surface area contributed by atoms with Gasteiger partial charge in [-0.1, -0.05) is 0 Å². The van der Waals surface area contributed by atoms with Crippen LogP contribution in [-0.4, -0.2) is 38.3 Å². The van der Waals surface area contributed by atoms with E-state index in [1.54, 1.807) is 7.11 Å². The fraction of sp³-hybridized carbons (Fsp3) is 0.923. The molecule has 0 aromatic heterocycles. The summed E-state index contributed by atoms with van der Waals surface area (Å²) in [6.07, 6.45) is 3.38. The summed E-state index contributed by atoms with van der Waals surface area (Å²) >= 11 is 0. The minimum atomic E-state index is -0.272. The molecule has 1 spiro atoms. The molecule has 1 unspecified atom stereocenters. The predicted molar refractivity (Wildman–Crippen MR) is 66.7 cm³/mol. The van der Waals surface area contributed by atoms with E-state index in [0.717, 1.165) is 32.4 Å². The highest BCUT2D eigenvalue weighted by atomic mass is 16.5. The van der Waals surface area contributed by atoms with Crippen molar-refractivity contribution in [2.45, 2.75) is 38.7 Å². The topological polar surface area (TPSA) is 50.4 Å². The third-order valence-electron chi connectivity index (χ3n) is 4.35. The number of carbonyl (C=O) groups is 1. The van der Waals surface area contributed by atoms with E-state index in [4.69, 9.17) is 4.74 Å². The number of carbonyl (C=O) groups excluding carboxylic acids is 1. The summed E-state index contributed by atoms with van der Waals surface area (Å²) in [6, 6.07) is 0. The fourth-order valence-electron chi connectivity index (χ4n) is 2.69. The zero-order valence-electron chi connectivity index (χ0n) is 11.1. The van der Waals surface area contributed by atoms with Gasteiger partial charge in [0.2, 0.25) is 5.91 Å². The minimum absolute atomic E-state index is 0.219. The van der Waals surface area contributed by atoms with E-state index in [2.05, 4.69) is 10.6 Å². The van der Waals surface area contributed by atoms with Gasteiger partial charge in [0.25, 0.3) is 0 Å². The lowest BCUT2D eigenvalue weighted by molar-refractivity contribution is -0.124. The lowest BCUT2D eigenvalue weighted by Gasteiger charge is -2.25. The van der Waals surface area contributed by atoms with E-state index in [1.165, 1.54) is 0 Å². The van der Waals surface area contributed by atoms with Crippen LogP contribution in [0.3, 0.4) is 0 Å². The summed E-state index contributed by atoms with van der Waals surface area (Å²) in [6.45, 7) is 6.69. The lowest BCUT2D eigenvalue weighted by atomic mass is 9.91. The van der Waals surface area contributed by atoms with Gasteiger partial charge in [0, 0.05) is 19.6 Å². The molecule has 1 aliphatic heterocycles. The van der Waals surface area contributed by atoms with Gasteiger partial charge in [-0.05, 0) is 51.6 Å². The molecule has 1 saturated heterocycles. The Morgan fingerprint density at radius 3 is 2.71 bits per heavy atom. The number of hydrogen-bond acceptors (Lipinski definition) is 3. The van der Waals surface area contributed by atoms with E-state index >= 15 is 0 Å². The van der Waals surface area contributed by atoms with Gasteiger partial charge in [-0.25, -0.2) is 0 Å². The number of ether oxygens (including phenoxy) is 1. The van der Waals surface area contributed by atoms with Crippen LogP contribution in [0.1, 0.15) is 33.1 Å². The lowest BCUT2D eigenvalue weighted by Crippen LogP contribution is -2.41. The molecule has 1 atom stereocenters. The summed E-state index contributed by atoms with van der Waals surface area (Å²) in [7, 11) is 1.68. The molecule has 1 saturated carbocycles. The smallest absolute Gasteiger partial charge is 0.223 e. The molecule has 98 valence electrons. The molecular formula is C13H24N2O2. The Morgan fingerprint density at radius 1 is 1.47 bits per heavy atom. The Kier molecular flexibility index (Phi) is 3.46. The first kappa shape index (κ1) is 12.8. The molecular weight excluding hydrogens is 216 g/mol. The molecule has 0 radical (unpaired) electrons. The van der Waals surface area contributed by atoms with E-state index in [1.807, 2.05) is 13.8 Å². The second kappa shape index (κ2) is 4.58. The van der Waals surface area contributed by atoms with Crippen LogP contribution in [0.5, 0.6) is 0 Å². The Morgan fingerprint density at radius 2 is 2.12 bits per heavy atom. The van der Waals surface area contributed by atoms with Crippen LogP contribution in [0, 0.1) is 11.3 Å². The Balaban J connectivity index is 1.79. The molecule has 0 bridgehead atoms. The first-order valence-corrected chi connectivity index (χ1v) is 6.53. The number of hydrogen-bond donors (Lipinski definition) is 2. The van der Waals surface area contributed by atoms with Gasteiger partial charge >= 0.3 is 0 Å². The van der Waals surface area contributed by atoms with Crippen LogP contribution in [0.15, 0.2) is 0 Å². The van der Waals surface area contributed by atoms with Crippen molar-refractivity contribution in [3.63, 3.8) is 0 Å². The number of methoxy groups -OCH3 is 1. The van der Waals surface area contributed by atoms with Gasteiger partial charge < -0.3 is 15.4 Å². The predicted octanol–water partition coefficient (Wildman–Crippen LogP) is 0.917. The molecule has 2 aliphatic rings. The van der Waals surface area contributed by atoms with Crippen molar-refractivity contribution in [1.82, 2.24) is 10.6 Å². The summed E-state index contributed by atoms with van der Waals surface area (Å²) in [5.41, 5.74) is 0.0540. The second-order valence-corrected chi connectivity index (χ2v) is 6.05. The normalized spacial score (nSPS) is 26.9. The summed E-state index contributed by atoms with van der Waals surface area (Å²) in [5.74, 6) is 0.467. The average molecular weight is 240 g/mol. The van der Waals surface area contributed by atoms with Gasteiger partial charge in [0.1, 0.15) is 0 Å². The van der Waals surface area contributed by atoms with E-state index < -0.39 is 0 Å². The molecule has 0 aromatic rings. The van der Waals surface area contributed by atoms with E-state index in [0.29, 0.717) is 12.0 Å². The van der Waals surface area contributed by atoms with Crippen LogP contribution >= 0.6 is 0 Å². The summed E-state index contributed by atoms with van der Waals surface area (Å²) in [4.78, 5) is 12.1. The SMILES string of the molecule is COC(C)(C)CNC(=O)C1CC12CCNCC2. The zero-order chi connectivity index (χ0) is 12.5. The zero-order valence-corrected chi connectivity index (χ0v) is 11.1. The first-order chi connectivity index (χ1) is 7.99. The van der Waals surface area contributed by atoms with Crippen molar-refractivity contribution < 1.29 is 9.53 Å². The summed E-state index contributed by atoms with van der Waals surface area (Å²) in [5, 5.41) is 6.38. The quantitative estimate of drug-likeness (QED) is 0.768. The van der Waals surface area contributed by atoms with Crippen molar-refractivity contribution in [2.24, 2.45) is 11.3 Å². The molecule has 0 aromatic carbocycles. The highest BCUT2D eigenvalue weighted by molar-refractivity contribution is 5.82. The summed E-state index contributed by atoms with van der Waals surface area (Å²) < 4.78 is 5.30. The maximum absolute atomic E-state index is 12.1. The molecule has 4 nitrogen and oxygen atoms in total. The number of rotatable bonds is 4. The van der Waals surface area contributed by atoms with Crippen molar-refractivity contribution in [2.75, 3.05) is 26.7 Å². The van der Waals surface area contributed by atoms with E-state index in [-0.39, 0.29) is 17.4 Å². The first-order valence-electron chi connectivity index (χ1n) is 6.53. The molecule has 1 aliphatic carbocycles. The molecule has 4 heteroatoms. The molecule has 2 N–H and O–H groups in total. The monoisotopic (exact) mass is 240 g/mol. The Bertz CT molecular complexity index is 296. The Hall–Kier alpha value is -0.610. The highest BCUT2D eigenvalue weighted by Gasteiger charge is 2.57. The third kappa shape index (κ3) is 2.80. The van der Waals surface area contributed by atoms with Crippen molar-refractivity contribution in [3.8, 4) is 0 Å². The number of amides is 1. The molecule has 1 heterocycles. The van der Waals surface area contributed by atoms with Crippen LogP contribution in [0.4, 0.5) is 0 Å². The Labute approximate surface area is 103 Å². The van der Waals surface area contributed by atoms with Gasteiger partial charge in [0.15, 0.2) is 0 Å². The standard InChI is InChI=1S/C13H24N2O2/c1-12(2,17-3)9-15-11(16)10-8-13(10)4-6-14-7-5-13/h10,14H,4-9H2,1-3H3,(H,15,16). The molecule has 1 amide bonds. The number of nitrogens with one attached hydrogen (secondary N) is 2. The second-order valence-electron chi connectivity index (χ2n) is 6.05. The third-order valence-corrected chi connectivity index (χ3v) is 4.35. The van der Waals surface area contributed by atoms with Gasteiger partial charge in [-0.2, -0.15) is 0 Å². The molecule has 2 fully saturated rings. The van der Waals surface area contributed by atoms with E-state index in [9.17, 15) is 4.79 Å². The largest absolute Gasteiger partial charge is 0.377 e. The van der Waals surface area contributed by atoms with Gasteiger partial charge in [-0.3, -0.25) is 4.79 Å². The van der Waals surface area contributed by atoms with Crippen LogP contribution in [0.25, 0.3) is 0 Å². The van der Waals surface area contributed by atoms with Crippen molar-refractivity contribution in [1.29, 1.82) is 0 Å². The maximum atomic E-state index is 12.1. The molecule has 17 heavy (non-hydrogen) atoms. The van der Waals surface area contributed by atoms with Crippen LogP contribution in [0.2, 0.25) is 0 Å². The fourth-order valence-corrected chi connectivity index (χ4v) is 2.69. The minimum Gasteiger partial charge on any atom is -0.377 e.